The minimum absolute atomic E-state index is 0.124. The summed E-state index contributed by atoms with van der Waals surface area (Å²) >= 11 is 1.26. The van der Waals surface area contributed by atoms with Crippen LogP contribution in [0.3, 0.4) is 0 Å². The molecule has 0 radical (unpaired) electrons. The third-order valence-electron chi connectivity index (χ3n) is 4.26. The summed E-state index contributed by atoms with van der Waals surface area (Å²) in [7, 11) is 1.54. The summed E-state index contributed by atoms with van der Waals surface area (Å²) in [6.45, 7) is 4.02. The molecule has 0 unspecified atom stereocenters. The molecule has 150 valence electrons. The number of ether oxygens (including phenoxy) is 1. The number of thiazole rings is 1. The number of aromatic nitrogens is 1. The molecule has 3 rings (SSSR count). The first-order valence-corrected chi connectivity index (χ1v) is 9.85. The van der Waals surface area contributed by atoms with Gasteiger partial charge in [0.2, 0.25) is 5.91 Å². The molecular formula is C21H22N4O3S. The number of hydrogen-bond donors (Lipinski definition) is 3. The lowest BCUT2D eigenvalue weighted by atomic mass is 10.1. The van der Waals surface area contributed by atoms with Gasteiger partial charge in [-0.3, -0.25) is 10.1 Å². The number of carbonyl (C=O) groups is 2. The van der Waals surface area contributed by atoms with E-state index in [1.165, 1.54) is 24.0 Å². The third kappa shape index (κ3) is 5.55. The van der Waals surface area contributed by atoms with Crippen molar-refractivity contribution in [2.45, 2.75) is 20.3 Å². The number of amides is 3. The van der Waals surface area contributed by atoms with Crippen LogP contribution in [0.4, 0.5) is 21.3 Å². The van der Waals surface area contributed by atoms with E-state index >= 15 is 0 Å². The Morgan fingerprint density at radius 3 is 2.59 bits per heavy atom. The quantitative estimate of drug-likeness (QED) is 0.554. The zero-order valence-corrected chi connectivity index (χ0v) is 17.2. The Hall–Kier alpha value is -3.39. The summed E-state index contributed by atoms with van der Waals surface area (Å²) in [5.41, 5.74) is 4.18. The molecule has 0 bridgehead atoms. The Morgan fingerprint density at radius 2 is 1.83 bits per heavy atom. The molecule has 8 heteroatoms. The maximum absolute atomic E-state index is 12.3. The monoisotopic (exact) mass is 410 g/mol. The van der Waals surface area contributed by atoms with E-state index in [2.05, 4.69) is 20.9 Å². The van der Waals surface area contributed by atoms with Crippen LogP contribution in [0.5, 0.6) is 5.75 Å². The Kier molecular flexibility index (Phi) is 6.46. The largest absolute Gasteiger partial charge is 0.495 e. The van der Waals surface area contributed by atoms with E-state index in [4.69, 9.17) is 4.74 Å². The van der Waals surface area contributed by atoms with Crippen molar-refractivity contribution >= 4 is 39.8 Å². The van der Waals surface area contributed by atoms with Gasteiger partial charge in [-0.1, -0.05) is 18.2 Å². The standard InChI is InChI=1S/C21H22N4O3S/c1-13-8-9-15(10-14(13)2)22-19(26)11-16-12-29-21(23-16)25-20(27)24-17-6-4-5-7-18(17)28-3/h4-10,12H,11H2,1-3H3,(H,22,26)(H2,23,24,25,27). The fraction of sp³-hybridized carbons (Fsp3) is 0.190. The number of para-hydroxylation sites is 2. The van der Waals surface area contributed by atoms with E-state index in [0.29, 0.717) is 22.3 Å². The molecule has 0 saturated heterocycles. The first-order chi connectivity index (χ1) is 13.9. The SMILES string of the molecule is COc1ccccc1NC(=O)Nc1nc(CC(=O)Nc2ccc(C)c(C)c2)cs1. The summed E-state index contributed by atoms with van der Waals surface area (Å²) in [6.07, 6.45) is 0.124. The molecule has 3 aromatic rings. The van der Waals surface area contributed by atoms with Gasteiger partial charge in [-0.15, -0.1) is 11.3 Å². The average molecular weight is 410 g/mol. The summed E-state index contributed by atoms with van der Waals surface area (Å²) in [6, 6.07) is 12.4. The molecule has 0 saturated carbocycles. The zero-order valence-electron chi connectivity index (χ0n) is 16.4. The Bertz CT molecular complexity index is 1030. The molecule has 0 spiro atoms. The highest BCUT2D eigenvalue weighted by Gasteiger charge is 2.12. The molecule has 7 nitrogen and oxygen atoms in total. The Balaban J connectivity index is 1.55. The van der Waals surface area contributed by atoms with Gasteiger partial charge in [0.15, 0.2) is 5.13 Å². The van der Waals surface area contributed by atoms with Crippen LogP contribution in [-0.4, -0.2) is 24.0 Å². The fourth-order valence-corrected chi connectivity index (χ4v) is 3.34. The predicted octanol–water partition coefficient (Wildman–Crippen LogP) is 4.59. The van der Waals surface area contributed by atoms with Gasteiger partial charge >= 0.3 is 6.03 Å². The Morgan fingerprint density at radius 1 is 1.03 bits per heavy atom. The van der Waals surface area contributed by atoms with Crippen LogP contribution in [0, 0.1) is 13.8 Å². The highest BCUT2D eigenvalue weighted by molar-refractivity contribution is 7.14. The molecule has 3 N–H and O–H groups in total. The summed E-state index contributed by atoms with van der Waals surface area (Å²) in [5, 5.41) is 10.4. The second-order valence-electron chi connectivity index (χ2n) is 6.45. The van der Waals surface area contributed by atoms with Crippen LogP contribution in [-0.2, 0) is 11.2 Å². The van der Waals surface area contributed by atoms with E-state index in [1.54, 1.807) is 23.6 Å². The van der Waals surface area contributed by atoms with Crippen molar-refractivity contribution in [3.63, 3.8) is 0 Å². The Labute approximate surface area is 173 Å². The number of benzene rings is 2. The van der Waals surface area contributed by atoms with Crippen molar-refractivity contribution < 1.29 is 14.3 Å². The normalized spacial score (nSPS) is 10.3. The van der Waals surface area contributed by atoms with E-state index < -0.39 is 6.03 Å². The maximum atomic E-state index is 12.3. The number of carbonyl (C=O) groups excluding carboxylic acids is 2. The van der Waals surface area contributed by atoms with Crippen molar-refractivity contribution in [3.8, 4) is 5.75 Å². The second-order valence-corrected chi connectivity index (χ2v) is 7.31. The second kappa shape index (κ2) is 9.20. The number of nitrogens with zero attached hydrogens (tertiary/aromatic N) is 1. The van der Waals surface area contributed by atoms with Crippen molar-refractivity contribution in [2.75, 3.05) is 23.1 Å². The van der Waals surface area contributed by atoms with Gasteiger partial charge in [0.1, 0.15) is 5.75 Å². The number of anilines is 3. The zero-order chi connectivity index (χ0) is 20.8. The van der Waals surface area contributed by atoms with Gasteiger partial charge in [0.25, 0.3) is 0 Å². The average Bonchev–Trinajstić information content (AvgIpc) is 3.11. The van der Waals surface area contributed by atoms with Gasteiger partial charge in [-0.05, 0) is 49.2 Å². The lowest BCUT2D eigenvalue weighted by molar-refractivity contribution is -0.115. The van der Waals surface area contributed by atoms with Gasteiger partial charge in [0.05, 0.1) is 24.9 Å². The van der Waals surface area contributed by atoms with Crippen LogP contribution >= 0.6 is 11.3 Å². The van der Waals surface area contributed by atoms with E-state index in [-0.39, 0.29) is 12.3 Å². The van der Waals surface area contributed by atoms with Gasteiger partial charge in [-0.2, -0.15) is 0 Å². The first kappa shape index (κ1) is 20.3. The molecule has 0 aliphatic carbocycles. The van der Waals surface area contributed by atoms with E-state index in [9.17, 15) is 9.59 Å². The molecular weight excluding hydrogens is 388 g/mol. The van der Waals surface area contributed by atoms with Crippen molar-refractivity contribution in [1.29, 1.82) is 0 Å². The molecule has 29 heavy (non-hydrogen) atoms. The number of rotatable bonds is 6. The highest BCUT2D eigenvalue weighted by atomic mass is 32.1. The molecule has 0 aliphatic rings. The maximum Gasteiger partial charge on any atom is 0.325 e. The number of methoxy groups -OCH3 is 1. The first-order valence-electron chi connectivity index (χ1n) is 8.97. The van der Waals surface area contributed by atoms with Crippen molar-refractivity contribution in [1.82, 2.24) is 4.98 Å². The topological polar surface area (TPSA) is 92.3 Å². The minimum atomic E-state index is -0.435. The predicted molar refractivity (Wildman–Crippen MR) is 116 cm³/mol. The number of hydrogen-bond acceptors (Lipinski definition) is 5. The lowest BCUT2D eigenvalue weighted by Gasteiger charge is -2.09. The molecule has 2 aromatic carbocycles. The number of nitrogens with one attached hydrogen (secondary N) is 3. The molecule has 0 fully saturated rings. The van der Waals surface area contributed by atoms with Crippen LogP contribution in [0.1, 0.15) is 16.8 Å². The third-order valence-corrected chi connectivity index (χ3v) is 5.07. The van der Waals surface area contributed by atoms with Crippen LogP contribution in [0.2, 0.25) is 0 Å². The summed E-state index contributed by atoms with van der Waals surface area (Å²) in [4.78, 5) is 28.8. The number of aryl methyl sites for hydroxylation is 2. The molecule has 0 aliphatic heterocycles. The highest BCUT2D eigenvalue weighted by Crippen LogP contribution is 2.24. The van der Waals surface area contributed by atoms with Crippen LogP contribution in [0.15, 0.2) is 47.8 Å². The number of urea groups is 1. The van der Waals surface area contributed by atoms with E-state index in [1.807, 2.05) is 38.1 Å². The van der Waals surface area contributed by atoms with Crippen molar-refractivity contribution in [2.24, 2.45) is 0 Å². The summed E-state index contributed by atoms with van der Waals surface area (Å²) in [5.74, 6) is 0.397. The smallest absolute Gasteiger partial charge is 0.325 e. The minimum Gasteiger partial charge on any atom is -0.495 e. The molecule has 3 amide bonds. The van der Waals surface area contributed by atoms with E-state index in [0.717, 1.165) is 11.3 Å². The lowest BCUT2D eigenvalue weighted by Crippen LogP contribution is -2.20. The fourth-order valence-electron chi connectivity index (χ4n) is 2.63. The molecule has 0 atom stereocenters. The van der Waals surface area contributed by atoms with Crippen molar-refractivity contribution in [3.05, 3.63) is 64.7 Å². The van der Waals surface area contributed by atoms with Crippen LogP contribution < -0.4 is 20.7 Å². The van der Waals surface area contributed by atoms with Crippen LogP contribution in [0.25, 0.3) is 0 Å². The summed E-state index contributed by atoms with van der Waals surface area (Å²) < 4.78 is 5.21. The van der Waals surface area contributed by atoms with Gasteiger partial charge < -0.3 is 15.4 Å². The molecule has 1 heterocycles. The van der Waals surface area contributed by atoms with Gasteiger partial charge in [0, 0.05) is 11.1 Å². The van der Waals surface area contributed by atoms with Gasteiger partial charge in [-0.25, -0.2) is 9.78 Å². The molecule has 1 aromatic heterocycles.